The number of thiophene rings is 1. The lowest BCUT2D eigenvalue weighted by Gasteiger charge is -2.34. The van der Waals surface area contributed by atoms with E-state index in [1.54, 1.807) is 0 Å². The molecule has 0 aliphatic heterocycles. The fourth-order valence-corrected chi connectivity index (χ4v) is 10.0. The van der Waals surface area contributed by atoms with Crippen molar-refractivity contribution in [2.75, 3.05) is 4.90 Å². The van der Waals surface area contributed by atoms with Gasteiger partial charge in [-0.1, -0.05) is 170 Å². The van der Waals surface area contributed by atoms with Crippen LogP contribution in [0.4, 0.5) is 17.1 Å². The summed E-state index contributed by atoms with van der Waals surface area (Å²) in [6.07, 6.45) is 0.851. The van der Waals surface area contributed by atoms with Crippen LogP contribution in [0.25, 0.3) is 75.5 Å². The summed E-state index contributed by atoms with van der Waals surface area (Å²) in [4.78, 5) is 2.62. The van der Waals surface area contributed by atoms with Crippen molar-refractivity contribution >= 4 is 59.3 Å². The molecular weight excluding hydrogens is 683 g/mol. The Kier molecular flexibility index (Phi) is 7.50. The topological polar surface area (TPSA) is 3.24 Å². The molecule has 11 rings (SSSR count). The molecule has 0 atom stereocenters. The van der Waals surface area contributed by atoms with E-state index in [2.05, 4.69) is 205 Å². The zero-order valence-electron chi connectivity index (χ0n) is 30.1. The van der Waals surface area contributed by atoms with Gasteiger partial charge in [0.15, 0.2) is 0 Å². The van der Waals surface area contributed by atoms with E-state index < -0.39 is 0 Å². The van der Waals surface area contributed by atoms with Gasteiger partial charge in [-0.3, -0.25) is 0 Å². The van der Waals surface area contributed by atoms with Crippen molar-refractivity contribution in [2.45, 2.75) is 6.42 Å². The maximum absolute atomic E-state index is 2.62. The van der Waals surface area contributed by atoms with Gasteiger partial charge in [0.1, 0.15) is 0 Å². The first kappa shape index (κ1) is 31.8. The summed E-state index contributed by atoms with van der Waals surface area (Å²) in [6.45, 7) is 0. The third-order valence-electron chi connectivity index (χ3n) is 11.3. The van der Waals surface area contributed by atoms with Crippen LogP contribution in [0, 0.1) is 0 Å². The Morgan fingerprint density at radius 3 is 1.85 bits per heavy atom. The lowest BCUT2D eigenvalue weighted by molar-refractivity contribution is 1.21. The molecule has 0 fully saturated rings. The van der Waals surface area contributed by atoms with E-state index in [1.807, 2.05) is 11.3 Å². The first-order chi connectivity index (χ1) is 27.3. The van der Waals surface area contributed by atoms with E-state index in [9.17, 15) is 0 Å². The standard InChI is InChI=1S/C53H35NS/c1-3-17-36(18-4-1)44-34-45-39-24-9-8-22-38(39)33-46(45)53(51(44)37-20-5-2-6-21-37)54(47-30-15-23-35-19-7-10-25-40(35)47)48-29-13-11-26-41(48)42-28-16-32-50-52(42)43-27-12-14-31-49(43)55-50/h1-32,34H,33H2. The van der Waals surface area contributed by atoms with Crippen molar-refractivity contribution in [1.29, 1.82) is 0 Å². The van der Waals surface area contributed by atoms with Gasteiger partial charge in [0.05, 0.1) is 17.1 Å². The Labute approximate surface area is 325 Å². The van der Waals surface area contributed by atoms with Gasteiger partial charge < -0.3 is 4.90 Å². The highest BCUT2D eigenvalue weighted by Gasteiger charge is 2.32. The fraction of sp³-hybridized carbons (Fsp3) is 0.0189. The third-order valence-corrected chi connectivity index (χ3v) is 12.4. The lowest BCUT2D eigenvalue weighted by atomic mass is 9.86. The summed E-state index contributed by atoms with van der Waals surface area (Å²) in [5.41, 5.74) is 16.2. The number of rotatable bonds is 6. The van der Waals surface area contributed by atoms with Crippen molar-refractivity contribution in [3.8, 4) is 44.5 Å². The summed E-state index contributed by atoms with van der Waals surface area (Å²) < 4.78 is 2.61. The van der Waals surface area contributed by atoms with E-state index in [-0.39, 0.29) is 0 Å². The van der Waals surface area contributed by atoms with Gasteiger partial charge >= 0.3 is 0 Å². The smallest absolute Gasteiger partial charge is 0.0588 e. The largest absolute Gasteiger partial charge is 0.308 e. The highest BCUT2D eigenvalue weighted by atomic mass is 32.1. The molecule has 1 aromatic heterocycles. The van der Waals surface area contributed by atoms with Crippen molar-refractivity contribution < 1.29 is 0 Å². The molecule has 0 unspecified atom stereocenters. The summed E-state index contributed by atoms with van der Waals surface area (Å²) in [5, 5.41) is 5.05. The monoisotopic (exact) mass is 717 g/mol. The molecule has 0 spiro atoms. The summed E-state index contributed by atoms with van der Waals surface area (Å²) >= 11 is 1.87. The Bertz CT molecular complexity index is 3060. The van der Waals surface area contributed by atoms with Gasteiger partial charge in [-0.05, 0) is 80.2 Å². The van der Waals surface area contributed by atoms with Gasteiger partial charge in [-0.15, -0.1) is 11.3 Å². The van der Waals surface area contributed by atoms with Crippen LogP contribution in [-0.4, -0.2) is 0 Å². The molecule has 1 nitrogen and oxygen atoms in total. The quantitative estimate of drug-likeness (QED) is 0.166. The van der Waals surface area contributed by atoms with E-state index in [0.29, 0.717) is 0 Å². The first-order valence-electron chi connectivity index (χ1n) is 19.0. The Morgan fingerprint density at radius 2 is 1.00 bits per heavy atom. The average Bonchev–Trinajstić information content (AvgIpc) is 3.83. The minimum absolute atomic E-state index is 0.851. The zero-order valence-corrected chi connectivity index (χ0v) is 30.9. The average molecular weight is 718 g/mol. The number of hydrogen-bond donors (Lipinski definition) is 0. The molecule has 1 aliphatic rings. The van der Waals surface area contributed by atoms with Crippen LogP contribution in [0.2, 0.25) is 0 Å². The van der Waals surface area contributed by atoms with E-state index in [0.717, 1.165) is 17.8 Å². The van der Waals surface area contributed by atoms with Crippen LogP contribution in [0.5, 0.6) is 0 Å². The minimum atomic E-state index is 0.851. The molecule has 0 amide bonds. The molecule has 0 saturated carbocycles. The Morgan fingerprint density at radius 1 is 0.400 bits per heavy atom. The number of hydrogen-bond acceptors (Lipinski definition) is 2. The molecule has 9 aromatic carbocycles. The van der Waals surface area contributed by atoms with E-state index in [1.165, 1.54) is 92.3 Å². The second-order valence-electron chi connectivity index (χ2n) is 14.4. The highest BCUT2D eigenvalue weighted by molar-refractivity contribution is 7.25. The molecular formula is C53H35NS. The molecule has 1 heterocycles. The predicted octanol–water partition coefficient (Wildman–Crippen LogP) is 15.2. The predicted molar refractivity (Wildman–Crippen MR) is 236 cm³/mol. The van der Waals surface area contributed by atoms with Gasteiger partial charge in [0, 0.05) is 43.1 Å². The first-order valence-corrected chi connectivity index (χ1v) is 19.8. The SMILES string of the molecule is c1ccc(-c2cc3c(c(N(c4ccccc4-c4cccc5sc6ccccc6c45)c4cccc5ccccc45)c2-c2ccccc2)Cc2ccccc2-3)cc1. The van der Waals surface area contributed by atoms with Gasteiger partial charge in [0.2, 0.25) is 0 Å². The van der Waals surface area contributed by atoms with Crippen molar-refractivity contribution in [2.24, 2.45) is 0 Å². The van der Waals surface area contributed by atoms with Crippen LogP contribution in [0.1, 0.15) is 11.1 Å². The lowest BCUT2D eigenvalue weighted by Crippen LogP contribution is -2.16. The summed E-state index contributed by atoms with van der Waals surface area (Å²) in [6, 6.07) is 73.8. The summed E-state index contributed by atoms with van der Waals surface area (Å²) in [7, 11) is 0. The second-order valence-corrected chi connectivity index (χ2v) is 15.5. The molecule has 258 valence electrons. The number of anilines is 3. The van der Waals surface area contributed by atoms with Gasteiger partial charge in [-0.2, -0.15) is 0 Å². The second kappa shape index (κ2) is 13.0. The van der Waals surface area contributed by atoms with Crippen LogP contribution < -0.4 is 4.90 Å². The number of benzene rings is 9. The van der Waals surface area contributed by atoms with Crippen LogP contribution in [0.15, 0.2) is 200 Å². The van der Waals surface area contributed by atoms with Gasteiger partial charge in [0.25, 0.3) is 0 Å². The van der Waals surface area contributed by atoms with Crippen molar-refractivity contribution in [1.82, 2.24) is 0 Å². The maximum atomic E-state index is 2.62. The molecule has 10 aromatic rings. The number of fused-ring (bicyclic) bond motifs is 7. The Balaban J connectivity index is 1.32. The highest BCUT2D eigenvalue weighted by Crippen LogP contribution is 2.56. The maximum Gasteiger partial charge on any atom is 0.0588 e. The summed E-state index contributed by atoms with van der Waals surface area (Å²) in [5.74, 6) is 0. The molecule has 1 aliphatic carbocycles. The van der Waals surface area contributed by atoms with E-state index >= 15 is 0 Å². The van der Waals surface area contributed by atoms with E-state index in [4.69, 9.17) is 0 Å². The zero-order chi connectivity index (χ0) is 36.3. The van der Waals surface area contributed by atoms with Crippen molar-refractivity contribution in [3.05, 3.63) is 211 Å². The third kappa shape index (κ3) is 5.14. The molecule has 0 N–H and O–H groups in total. The van der Waals surface area contributed by atoms with Crippen molar-refractivity contribution in [3.63, 3.8) is 0 Å². The minimum Gasteiger partial charge on any atom is -0.308 e. The fourth-order valence-electron chi connectivity index (χ4n) is 8.92. The molecule has 55 heavy (non-hydrogen) atoms. The number of nitrogens with zero attached hydrogens (tertiary/aromatic N) is 1. The molecule has 0 saturated heterocycles. The van der Waals surface area contributed by atoms with Crippen LogP contribution >= 0.6 is 11.3 Å². The van der Waals surface area contributed by atoms with Crippen LogP contribution in [-0.2, 0) is 6.42 Å². The molecule has 2 heteroatoms. The van der Waals surface area contributed by atoms with Gasteiger partial charge in [-0.25, -0.2) is 0 Å². The number of para-hydroxylation sites is 1. The Hall–Kier alpha value is -6.74. The normalized spacial score (nSPS) is 11.9. The van der Waals surface area contributed by atoms with Crippen LogP contribution in [0.3, 0.4) is 0 Å². The molecule has 0 bridgehead atoms. The molecule has 0 radical (unpaired) electrons.